The summed E-state index contributed by atoms with van der Waals surface area (Å²) < 4.78 is 12.1. The normalized spacial score (nSPS) is 20.4. The van der Waals surface area contributed by atoms with Crippen molar-refractivity contribution >= 4 is 15.9 Å². The maximum atomic E-state index is 10.6. The van der Waals surface area contributed by atoms with Crippen LogP contribution >= 0.6 is 15.9 Å². The van der Waals surface area contributed by atoms with Crippen LogP contribution in [0.25, 0.3) is 0 Å². The summed E-state index contributed by atoms with van der Waals surface area (Å²) in [4.78, 5) is 2.44. The molecule has 2 aromatic rings. The van der Waals surface area contributed by atoms with E-state index in [1.54, 1.807) is 7.11 Å². The van der Waals surface area contributed by atoms with Crippen molar-refractivity contribution in [2.45, 2.75) is 32.4 Å². The Labute approximate surface area is 170 Å². The lowest BCUT2D eigenvalue weighted by molar-refractivity contribution is 0.0239. The lowest BCUT2D eigenvalue weighted by Gasteiger charge is -2.36. The predicted octanol–water partition coefficient (Wildman–Crippen LogP) is 4.28. The zero-order chi connectivity index (χ0) is 19.2. The van der Waals surface area contributed by atoms with Gasteiger partial charge >= 0.3 is 0 Å². The molecule has 1 saturated heterocycles. The van der Waals surface area contributed by atoms with Crippen molar-refractivity contribution < 1.29 is 14.6 Å². The molecule has 0 radical (unpaired) electrons. The van der Waals surface area contributed by atoms with Crippen molar-refractivity contribution in [3.8, 4) is 11.5 Å². The molecule has 1 N–H and O–H groups in total. The van der Waals surface area contributed by atoms with E-state index in [-0.39, 0.29) is 12.0 Å². The molecule has 0 aromatic heterocycles. The average molecular weight is 434 g/mol. The van der Waals surface area contributed by atoms with Gasteiger partial charge in [0.1, 0.15) is 0 Å². The first-order chi connectivity index (χ1) is 13.1. The van der Waals surface area contributed by atoms with E-state index < -0.39 is 0 Å². The van der Waals surface area contributed by atoms with Crippen LogP contribution in [0.3, 0.4) is 0 Å². The number of piperidine rings is 1. The predicted molar refractivity (Wildman–Crippen MR) is 111 cm³/mol. The summed E-state index contributed by atoms with van der Waals surface area (Å²) in [6, 6.07) is 14.6. The van der Waals surface area contributed by atoms with E-state index in [4.69, 9.17) is 9.47 Å². The van der Waals surface area contributed by atoms with Gasteiger partial charge in [0.2, 0.25) is 0 Å². The largest absolute Gasteiger partial charge is 0.492 e. The molecule has 3 rings (SSSR count). The Kier molecular flexibility index (Phi) is 7.16. The number of benzene rings is 2. The van der Waals surface area contributed by atoms with Gasteiger partial charge in [-0.2, -0.15) is 0 Å². The summed E-state index contributed by atoms with van der Waals surface area (Å²) in [6.07, 6.45) is 1.36. The molecule has 1 aliphatic heterocycles. The number of methoxy groups -OCH3 is 1. The van der Waals surface area contributed by atoms with E-state index in [9.17, 15) is 5.11 Å². The summed E-state index contributed by atoms with van der Waals surface area (Å²) in [5.74, 6) is 1.67. The van der Waals surface area contributed by atoms with Gasteiger partial charge in [0.25, 0.3) is 0 Å². The molecule has 2 atom stereocenters. The summed E-state index contributed by atoms with van der Waals surface area (Å²) in [6.45, 7) is 5.31. The van der Waals surface area contributed by atoms with Gasteiger partial charge < -0.3 is 14.6 Å². The van der Waals surface area contributed by atoms with Crippen LogP contribution in [-0.2, 0) is 13.0 Å². The molecule has 27 heavy (non-hydrogen) atoms. The second-order valence-corrected chi connectivity index (χ2v) is 7.94. The Morgan fingerprint density at radius 2 is 1.96 bits per heavy atom. The van der Waals surface area contributed by atoms with Gasteiger partial charge in [-0.1, -0.05) is 30.3 Å². The molecule has 1 heterocycles. The van der Waals surface area contributed by atoms with Crippen LogP contribution in [0.5, 0.6) is 11.5 Å². The second-order valence-electron chi connectivity index (χ2n) is 7.08. The highest BCUT2D eigenvalue weighted by Crippen LogP contribution is 2.37. The zero-order valence-electron chi connectivity index (χ0n) is 16.0. The Hall–Kier alpha value is -1.56. The Morgan fingerprint density at radius 3 is 2.67 bits per heavy atom. The fourth-order valence-electron chi connectivity index (χ4n) is 3.78. The second kappa shape index (κ2) is 9.58. The third-order valence-electron chi connectivity index (χ3n) is 5.10. The number of halogens is 1. The van der Waals surface area contributed by atoms with Crippen molar-refractivity contribution in [3.05, 3.63) is 58.1 Å². The SMILES string of the molecule is CCOc1cc(CC2CN(Cc3ccccc3)CCC2O)cc(Br)c1OC. The van der Waals surface area contributed by atoms with Gasteiger partial charge in [0.15, 0.2) is 11.5 Å². The van der Waals surface area contributed by atoms with Crippen LogP contribution in [0.2, 0.25) is 0 Å². The zero-order valence-corrected chi connectivity index (χ0v) is 17.6. The fourth-order valence-corrected chi connectivity index (χ4v) is 4.44. The standard InChI is InChI=1S/C22H28BrNO3/c1-3-27-21-13-17(12-19(23)22(21)26-2)11-18-15-24(10-9-20(18)25)14-16-7-5-4-6-8-16/h4-8,12-13,18,20,25H,3,9-11,14-15H2,1-2H3. The molecule has 4 nitrogen and oxygen atoms in total. The van der Waals surface area contributed by atoms with Crippen LogP contribution < -0.4 is 9.47 Å². The quantitative estimate of drug-likeness (QED) is 0.707. The maximum Gasteiger partial charge on any atom is 0.174 e. The average Bonchev–Trinajstić information content (AvgIpc) is 2.65. The molecular weight excluding hydrogens is 406 g/mol. The van der Waals surface area contributed by atoms with Gasteiger partial charge in [-0.25, -0.2) is 0 Å². The van der Waals surface area contributed by atoms with E-state index in [2.05, 4.69) is 51.2 Å². The number of hydrogen-bond donors (Lipinski definition) is 1. The topological polar surface area (TPSA) is 41.9 Å². The molecule has 1 aliphatic rings. The molecule has 0 spiro atoms. The Balaban J connectivity index is 1.71. The molecule has 146 valence electrons. The van der Waals surface area contributed by atoms with Crippen molar-refractivity contribution in [2.75, 3.05) is 26.8 Å². The minimum Gasteiger partial charge on any atom is -0.492 e. The molecule has 2 unspecified atom stereocenters. The molecule has 1 fully saturated rings. The lowest BCUT2D eigenvalue weighted by Crippen LogP contribution is -2.43. The highest BCUT2D eigenvalue weighted by Gasteiger charge is 2.28. The number of aliphatic hydroxyl groups excluding tert-OH is 1. The van der Waals surface area contributed by atoms with Gasteiger partial charge in [-0.05, 0) is 59.0 Å². The van der Waals surface area contributed by atoms with Crippen LogP contribution in [0.4, 0.5) is 0 Å². The summed E-state index contributed by atoms with van der Waals surface area (Å²) in [5.41, 5.74) is 2.47. The van der Waals surface area contributed by atoms with Crippen LogP contribution in [0.1, 0.15) is 24.5 Å². The molecular formula is C22H28BrNO3. The van der Waals surface area contributed by atoms with E-state index in [1.165, 1.54) is 5.56 Å². The summed E-state index contributed by atoms with van der Waals surface area (Å²) >= 11 is 3.59. The summed E-state index contributed by atoms with van der Waals surface area (Å²) in [5, 5.41) is 10.6. The first-order valence-corrected chi connectivity index (χ1v) is 10.3. The van der Waals surface area contributed by atoms with Gasteiger partial charge in [0.05, 0.1) is 24.3 Å². The van der Waals surface area contributed by atoms with E-state index in [0.29, 0.717) is 6.61 Å². The Morgan fingerprint density at radius 1 is 1.19 bits per heavy atom. The van der Waals surface area contributed by atoms with Crippen molar-refractivity contribution in [1.82, 2.24) is 4.90 Å². The highest BCUT2D eigenvalue weighted by atomic mass is 79.9. The highest BCUT2D eigenvalue weighted by molar-refractivity contribution is 9.10. The number of hydrogen-bond acceptors (Lipinski definition) is 4. The van der Waals surface area contributed by atoms with E-state index >= 15 is 0 Å². The van der Waals surface area contributed by atoms with Crippen LogP contribution in [-0.4, -0.2) is 42.9 Å². The van der Waals surface area contributed by atoms with Crippen molar-refractivity contribution in [1.29, 1.82) is 0 Å². The number of ether oxygens (including phenoxy) is 2. The number of aliphatic hydroxyl groups is 1. The van der Waals surface area contributed by atoms with Gasteiger partial charge in [0, 0.05) is 25.6 Å². The van der Waals surface area contributed by atoms with Gasteiger partial charge in [-0.15, -0.1) is 0 Å². The maximum absolute atomic E-state index is 10.6. The molecule has 0 amide bonds. The smallest absolute Gasteiger partial charge is 0.174 e. The molecule has 5 heteroatoms. The minimum atomic E-state index is -0.270. The number of rotatable bonds is 7. The molecule has 0 saturated carbocycles. The summed E-state index contributed by atoms with van der Waals surface area (Å²) in [7, 11) is 1.65. The third-order valence-corrected chi connectivity index (χ3v) is 5.69. The van der Waals surface area contributed by atoms with Crippen LogP contribution in [0.15, 0.2) is 46.9 Å². The Bertz CT molecular complexity index is 738. The molecule has 0 aliphatic carbocycles. The number of likely N-dealkylation sites (tertiary alicyclic amines) is 1. The molecule has 2 aromatic carbocycles. The monoisotopic (exact) mass is 433 g/mol. The lowest BCUT2D eigenvalue weighted by atomic mass is 9.88. The van der Waals surface area contributed by atoms with E-state index in [0.717, 1.165) is 54.0 Å². The first-order valence-electron chi connectivity index (χ1n) is 9.54. The van der Waals surface area contributed by atoms with Crippen molar-refractivity contribution in [2.24, 2.45) is 5.92 Å². The fraction of sp³-hybridized carbons (Fsp3) is 0.455. The van der Waals surface area contributed by atoms with Crippen molar-refractivity contribution in [3.63, 3.8) is 0 Å². The van der Waals surface area contributed by atoms with Gasteiger partial charge in [-0.3, -0.25) is 4.90 Å². The van der Waals surface area contributed by atoms with Crippen LogP contribution in [0, 0.1) is 5.92 Å². The first kappa shape index (κ1) is 20.2. The molecule has 0 bridgehead atoms. The minimum absolute atomic E-state index is 0.206. The third kappa shape index (κ3) is 5.24. The number of nitrogens with zero attached hydrogens (tertiary/aromatic N) is 1. The van der Waals surface area contributed by atoms with E-state index in [1.807, 2.05) is 19.1 Å².